The third-order valence-corrected chi connectivity index (χ3v) is 1.40. The molecule has 0 atom stereocenters. The van der Waals surface area contributed by atoms with E-state index < -0.39 is 4.92 Å². The molecular formula is C3H3N2O2S. The van der Waals surface area contributed by atoms with Crippen LogP contribution in [0.4, 0.5) is 0 Å². The molecule has 0 aromatic rings. The average Bonchev–Trinajstić information content (AvgIpc) is 2.12. The van der Waals surface area contributed by atoms with Gasteiger partial charge in [0.15, 0.2) is 0 Å². The molecule has 0 aliphatic carbocycles. The molecule has 5 heteroatoms. The van der Waals surface area contributed by atoms with Crippen molar-refractivity contribution >= 4 is 11.9 Å². The molecule has 1 heterocycles. The summed E-state index contributed by atoms with van der Waals surface area (Å²) in [5.74, 6) is 0.410. The maximum atomic E-state index is 9.87. The first-order valence-electron chi connectivity index (χ1n) is 1.96. The Labute approximate surface area is 50.2 Å². The van der Waals surface area contributed by atoms with Gasteiger partial charge in [-0.15, -0.1) is 0 Å². The van der Waals surface area contributed by atoms with E-state index >= 15 is 0 Å². The van der Waals surface area contributed by atoms with Crippen LogP contribution in [0, 0.1) is 10.1 Å². The predicted octanol–water partition coefficient (Wildman–Crippen LogP) is 0.371. The predicted molar refractivity (Wildman–Crippen MR) is 29.7 cm³/mol. The summed E-state index contributed by atoms with van der Waals surface area (Å²) in [5.41, 5.74) is 0.190. The van der Waals surface area contributed by atoms with Gasteiger partial charge in [-0.3, -0.25) is 10.1 Å². The Morgan fingerprint density at radius 1 is 2.00 bits per heavy atom. The van der Waals surface area contributed by atoms with Gasteiger partial charge in [0, 0.05) is 0 Å². The number of hydrogen-bond donors (Lipinski definition) is 0. The highest BCUT2D eigenvalue weighted by atomic mass is 32.2. The zero-order valence-corrected chi connectivity index (χ0v) is 4.72. The lowest BCUT2D eigenvalue weighted by atomic mass is 10.6. The average molecular weight is 131 g/mol. The summed E-state index contributed by atoms with van der Waals surface area (Å²) in [7, 11) is 0. The van der Waals surface area contributed by atoms with E-state index in [-0.39, 0.29) is 5.70 Å². The van der Waals surface area contributed by atoms with E-state index in [1.165, 1.54) is 18.1 Å². The summed E-state index contributed by atoms with van der Waals surface area (Å²) < 4.78 is 3.60. The van der Waals surface area contributed by atoms with Gasteiger partial charge >= 0.3 is 0 Å². The van der Waals surface area contributed by atoms with Crippen molar-refractivity contribution in [1.29, 1.82) is 0 Å². The van der Waals surface area contributed by atoms with Gasteiger partial charge in [0.1, 0.15) is 12.0 Å². The van der Waals surface area contributed by atoms with Gasteiger partial charge in [0.05, 0.1) is 4.92 Å². The Morgan fingerprint density at radius 3 is 3.00 bits per heavy atom. The molecule has 0 bridgehead atoms. The summed E-state index contributed by atoms with van der Waals surface area (Å²) in [4.78, 5) is 9.45. The molecule has 1 rings (SSSR count). The van der Waals surface area contributed by atoms with Gasteiger partial charge < -0.3 is 0 Å². The van der Waals surface area contributed by atoms with Gasteiger partial charge in [-0.1, -0.05) is 0 Å². The van der Waals surface area contributed by atoms with Crippen LogP contribution in [0.25, 0.3) is 0 Å². The number of rotatable bonds is 1. The molecule has 0 spiro atoms. The topological polar surface area (TPSA) is 57.2 Å². The zero-order valence-electron chi connectivity index (χ0n) is 3.90. The van der Waals surface area contributed by atoms with Crippen LogP contribution in [0.1, 0.15) is 0 Å². The molecule has 0 N–H and O–H groups in total. The van der Waals surface area contributed by atoms with Gasteiger partial charge in [-0.25, -0.2) is 4.72 Å². The summed E-state index contributed by atoms with van der Waals surface area (Å²) in [5, 5.41) is 9.87. The van der Waals surface area contributed by atoms with E-state index in [1.807, 2.05) is 0 Å². The van der Waals surface area contributed by atoms with Crippen molar-refractivity contribution in [3.63, 3.8) is 0 Å². The second-order valence-electron chi connectivity index (χ2n) is 1.26. The van der Waals surface area contributed by atoms with Crippen LogP contribution < -0.4 is 4.72 Å². The quantitative estimate of drug-likeness (QED) is 0.293. The molecule has 43 valence electrons. The second-order valence-corrected chi connectivity index (χ2v) is 2.01. The molecule has 1 radical (unpaired) electrons. The molecule has 0 aromatic heterocycles. The SMILES string of the molecule is O=[N+]([O-])C1=C[N]SC1. The Morgan fingerprint density at radius 2 is 2.75 bits per heavy atom. The standard InChI is InChI=1S/C3H3N2O2S/c6-5(7)3-1-4-8-2-3/h1H,2H2. The van der Waals surface area contributed by atoms with E-state index in [0.29, 0.717) is 5.75 Å². The normalized spacial score (nSPS) is 17.2. The fraction of sp³-hybridized carbons (Fsp3) is 0.333. The summed E-state index contributed by atoms with van der Waals surface area (Å²) in [6.07, 6.45) is 1.28. The van der Waals surface area contributed by atoms with Gasteiger partial charge in [0.2, 0.25) is 0 Å². The summed E-state index contributed by atoms with van der Waals surface area (Å²) in [6, 6.07) is 0. The van der Waals surface area contributed by atoms with Gasteiger partial charge in [0.25, 0.3) is 5.70 Å². The molecule has 0 fully saturated rings. The Hall–Kier alpha value is -0.710. The van der Waals surface area contributed by atoms with E-state index in [0.717, 1.165) is 0 Å². The highest BCUT2D eigenvalue weighted by Crippen LogP contribution is 2.12. The van der Waals surface area contributed by atoms with Crippen LogP contribution >= 0.6 is 11.9 Å². The monoisotopic (exact) mass is 131 g/mol. The highest BCUT2D eigenvalue weighted by molar-refractivity contribution is 7.97. The highest BCUT2D eigenvalue weighted by Gasteiger charge is 2.16. The van der Waals surface area contributed by atoms with E-state index in [2.05, 4.69) is 4.72 Å². The van der Waals surface area contributed by atoms with Crippen LogP contribution in [0.5, 0.6) is 0 Å². The first-order chi connectivity index (χ1) is 3.80. The molecule has 0 saturated carbocycles. The van der Waals surface area contributed by atoms with E-state index in [4.69, 9.17) is 0 Å². The Bertz CT molecular complexity index is 144. The largest absolute Gasteiger partial charge is 0.276 e. The number of nitro groups is 1. The number of hydrogen-bond acceptors (Lipinski definition) is 3. The lowest BCUT2D eigenvalue weighted by Gasteiger charge is -1.81. The van der Waals surface area contributed by atoms with Crippen LogP contribution in [-0.4, -0.2) is 10.7 Å². The van der Waals surface area contributed by atoms with Gasteiger partial charge in [-0.05, 0) is 11.9 Å². The van der Waals surface area contributed by atoms with Crippen molar-refractivity contribution < 1.29 is 4.92 Å². The lowest BCUT2D eigenvalue weighted by Crippen LogP contribution is -1.96. The van der Waals surface area contributed by atoms with Crippen molar-refractivity contribution in [1.82, 2.24) is 4.72 Å². The minimum Gasteiger partial charge on any atom is -0.259 e. The minimum absolute atomic E-state index is 0.190. The van der Waals surface area contributed by atoms with Crippen molar-refractivity contribution in [3.05, 3.63) is 22.0 Å². The molecule has 8 heavy (non-hydrogen) atoms. The smallest absolute Gasteiger partial charge is 0.259 e. The van der Waals surface area contributed by atoms with Crippen molar-refractivity contribution in [3.8, 4) is 0 Å². The fourth-order valence-corrected chi connectivity index (χ4v) is 0.922. The van der Waals surface area contributed by atoms with Crippen molar-refractivity contribution in [2.45, 2.75) is 0 Å². The maximum absolute atomic E-state index is 9.87. The van der Waals surface area contributed by atoms with Crippen molar-refractivity contribution in [2.24, 2.45) is 0 Å². The van der Waals surface area contributed by atoms with Crippen LogP contribution in [0.15, 0.2) is 11.9 Å². The fourth-order valence-electron chi connectivity index (χ4n) is 0.339. The molecular weight excluding hydrogens is 128 g/mol. The first kappa shape index (κ1) is 5.43. The molecule has 1 aliphatic heterocycles. The Kier molecular flexibility index (Phi) is 1.38. The molecule has 0 saturated heterocycles. The molecule has 0 unspecified atom stereocenters. The zero-order chi connectivity index (χ0) is 5.98. The third kappa shape index (κ3) is 0.919. The lowest BCUT2D eigenvalue weighted by molar-refractivity contribution is -0.423. The first-order valence-corrected chi connectivity index (χ1v) is 2.90. The minimum atomic E-state index is -0.413. The van der Waals surface area contributed by atoms with E-state index in [1.54, 1.807) is 0 Å². The Balaban J connectivity index is 2.57. The van der Waals surface area contributed by atoms with Gasteiger partial charge in [-0.2, -0.15) is 0 Å². The summed E-state index contributed by atoms with van der Waals surface area (Å²) >= 11 is 1.20. The molecule has 0 amide bonds. The molecule has 4 nitrogen and oxygen atoms in total. The molecule has 0 aromatic carbocycles. The summed E-state index contributed by atoms with van der Waals surface area (Å²) in [6.45, 7) is 0. The van der Waals surface area contributed by atoms with Crippen LogP contribution in [0.3, 0.4) is 0 Å². The third-order valence-electron chi connectivity index (χ3n) is 0.723. The van der Waals surface area contributed by atoms with Crippen LogP contribution in [0.2, 0.25) is 0 Å². The second kappa shape index (κ2) is 2.04. The van der Waals surface area contributed by atoms with Crippen molar-refractivity contribution in [2.75, 3.05) is 5.75 Å². The van der Waals surface area contributed by atoms with Crippen LogP contribution in [-0.2, 0) is 0 Å². The molecule has 1 aliphatic rings. The maximum Gasteiger partial charge on any atom is 0.276 e. The number of nitrogens with zero attached hydrogens (tertiary/aromatic N) is 2. The van der Waals surface area contributed by atoms with E-state index in [9.17, 15) is 10.1 Å².